The summed E-state index contributed by atoms with van der Waals surface area (Å²) in [5, 5.41) is 2.65. The summed E-state index contributed by atoms with van der Waals surface area (Å²) in [4.78, 5) is 0. The second kappa shape index (κ2) is 5.50. The van der Waals surface area contributed by atoms with Gasteiger partial charge in [-0.25, -0.2) is 8.42 Å². The molecule has 0 aliphatic heterocycles. The normalized spacial score (nSPS) is 31.0. The standard InChI is InChI=1S/C12H25NO2S/c1-9-6-5-7-12(8-9)16(14,15)11(3)10(2)13-4/h9-13H,5-8H2,1-4H3. The van der Waals surface area contributed by atoms with Crippen molar-refractivity contribution in [3.63, 3.8) is 0 Å². The van der Waals surface area contributed by atoms with Gasteiger partial charge in [-0.1, -0.05) is 19.8 Å². The van der Waals surface area contributed by atoms with E-state index in [1.807, 2.05) is 20.9 Å². The number of rotatable bonds is 4. The van der Waals surface area contributed by atoms with Crippen molar-refractivity contribution in [1.29, 1.82) is 0 Å². The van der Waals surface area contributed by atoms with Gasteiger partial charge in [-0.3, -0.25) is 0 Å². The summed E-state index contributed by atoms with van der Waals surface area (Å²) in [6, 6.07) is 0.0298. The Morgan fingerprint density at radius 1 is 1.25 bits per heavy atom. The van der Waals surface area contributed by atoms with E-state index in [1.54, 1.807) is 0 Å². The molecule has 0 spiro atoms. The zero-order valence-corrected chi connectivity index (χ0v) is 11.7. The van der Waals surface area contributed by atoms with Gasteiger partial charge in [0.2, 0.25) is 0 Å². The van der Waals surface area contributed by atoms with Gasteiger partial charge in [-0.05, 0) is 39.7 Å². The van der Waals surface area contributed by atoms with Gasteiger partial charge in [0.15, 0.2) is 9.84 Å². The summed E-state index contributed by atoms with van der Waals surface area (Å²) >= 11 is 0. The molecule has 1 rings (SSSR count). The predicted octanol–water partition coefficient (Wildman–Crippen LogP) is 1.98. The molecule has 96 valence electrons. The molecular formula is C12H25NO2S. The third kappa shape index (κ3) is 2.98. The van der Waals surface area contributed by atoms with E-state index in [1.165, 1.54) is 6.42 Å². The molecule has 4 unspecified atom stereocenters. The number of hydrogen-bond donors (Lipinski definition) is 1. The summed E-state index contributed by atoms with van der Waals surface area (Å²) in [7, 11) is -1.15. The quantitative estimate of drug-likeness (QED) is 0.826. The Hall–Kier alpha value is -0.0900. The van der Waals surface area contributed by atoms with Gasteiger partial charge in [-0.2, -0.15) is 0 Å². The van der Waals surface area contributed by atoms with Gasteiger partial charge in [0.25, 0.3) is 0 Å². The summed E-state index contributed by atoms with van der Waals surface area (Å²) in [6.07, 6.45) is 3.95. The van der Waals surface area contributed by atoms with Crippen LogP contribution in [0, 0.1) is 5.92 Å². The minimum atomic E-state index is -2.97. The predicted molar refractivity (Wildman–Crippen MR) is 68.3 cm³/mol. The Labute approximate surface area is 99.9 Å². The molecule has 1 N–H and O–H groups in total. The van der Waals surface area contributed by atoms with Crippen LogP contribution in [0.1, 0.15) is 46.5 Å². The van der Waals surface area contributed by atoms with E-state index in [-0.39, 0.29) is 16.5 Å². The Morgan fingerprint density at radius 3 is 2.38 bits per heavy atom. The van der Waals surface area contributed by atoms with Crippen molar-refractivity contribution >= 4 is 9.84 Å². The van der Waals surface area contributed by atoms with Gasteiger partial charge in [0.05, 0.1) is 10.5 Å². The molecule has 0 saturated heterocycles. The van der Waals surface area contributed by atoms with Gasteiger partial charge in [0.1, 0.15) is 0 Å². The maximum atomic E-state index is 12.4. The summed E-state index contributed by atoms with van der Waals surface area (Å²) in [5.74, 6) is 0.561. The lowest BCUT2D eigenvalue weighted by molar-refractivity contribution is 0.378. The first-order valence-corrected chi connectivity index (χ1v) is 7.90. The first-order chi connectivity index (χ1) is 7.39. The fraction of sp³-hybridized carbons (Fsp3) is 1.00. The van der Waals surface area contributed by atoms with Gasteiger partial charge in [-0.15, -0.1) is 0 Å². The molecule has 0 bridgehead atoms. The second-order valence-corrected chi connectivity index (χ2v) is 7.85. The van der Waals surface area contributed by atoms with E-state index < -0.39 is 9.84 Å². The Kier molecular flexibility index (Phi) is 4.80. The van der Waals surface area contributed by atoms with Gasteiger partial charge >= 0.3 is 0 Å². The van der Waals surface area contributed by atoms with Crippen molar-refractivity contribution in [2.75, 3.05) is 7.05 Å². The SMILES string of the molecule is CNC(C)C(C)S(=O)(=O)C1CCCC(C)C1. The van der Waals surface area contributed by atoms with Gasteiger partial charge in [0, 0.05) is 6.04 Å². The molecule has 1 fully saturated rings. The van der Waals surface area contributed by atoms with E-state index in [4.69, 9.17) is 0 Å². The van der Waals surface area contributed by atoms with Crippen LogP contribution in [0.5, 0.6) is 0 Å². The van der Waals surface area contributed by atoms with Crippen LogP contribution in [-0.4, -0.2) is 32.0 Å². The smallest absolute Gasteiger partial charge is 0.157 e. The highest BCUT2D eigenvalue weighted by atomic mass is 32.2. The molecule has 0 aromatic rings. The lowest BCUT2D eigenvalue weighted by Crippen LogP contribution is -2.43. The zero-order valence-electron chi connectivity index (χ0n) is 10.9. The fourth-order valence-corrected chi connectivity index (χ4v) is 4.90. The Balaban J connectivity index is 2.76. The average Bonchev–Trinajstić information content (AvgIpc) is 2.27. The monoisotopic (exact) mass is 247 g/mol. The molecule has 0 radical (unpaired) electrons. The van der Waals surface area contributed by atoms with Crippen LogP contribution in [0.25, 0.3) is 0 Å². The molecule has 1 aliphatic carbocycles. The number of hydrogen-bond acceptors (Lipinski definition) is 3. The van der Waals surface area contributed by atoms with E-state index in [0.29, 0.717) is 5.92 Å². The molecule has 1 saturated carbocycles. The van der Waals surface area contributed by atoms with Crippen molar-refractivity contribution in [3.05, 3.63) is 0 Å². The van der Waals surface area contributed by atoms with Crippen LogP contribution in [0.4, 0.5) is 0 Å². The fourth-order valence-electron chi connectivity index (χ4n) is 2.50. The lowest BCUT2D eigenvalue weighted by atomic mass is 9.91. The lowest BCUT2D eigenvalue weighted by Gasteiger charge is -2.30. The highest BCUT2D eigenvalue weighted by molar-refractivity contribution is 7.92. The molecule has 0 amide bonds. The molecule has 1 aliphatic rings. The molecular weight excluding hydrogens is 222 g/mol. The third-order valence-corrected chi connectivity index (χ3v) is 6.83. The Bertz CT molecular complexity index is 313. The van der Waals surface area contributed by atoms with Crippen molar-refractivity contribution in [3.8, 4) is 0 Å². The molecule has 4 atom stereocenters. The average molecular weight is 247 g/mol. The van der Waals surface area contributed by atoms with E-state index >= 15 is 0 Å². The van der Waals surface area contributed by atoms with Crippen LogP contribution in [0.15, 0.2) is 0 Å². The summed E-state index contributed by atoms with van der Waals surface area (Å²) in [5.41, 5.74) is 0. The second-order valence-electron chi connectivity index (χ2n) is 5.27. The van der Waals surface area contributed by atoms with E-state index in [2.05, 4.69) is 12.2 Å². The maximum absolute atomic E-state index is 12.4. The summed E-state index contributed by atoms with van der Waals surface area (Å²) in [6.45, 7) is 5.93. The van der Waals surface area contributed by atoms with E-state index in [0.717, 1.165) is 19.3 Å². The summed E-state index contributed by atoms with van der Waals surface area (Å²) < 4.78 is 24.8. The highest BCUT2D eigenvalue weighted by Gasteiger charge is 2.36. The minimum Gasteiger partial charge on any atom is -0.316 e. The molecule has 3 nitrogen and oxygen atoms in total. The first kappa shape index (κ1) is 14.0. The van der Waals surface area contributed by atoms with Gasteiger partial charge < -0.3 is 5.32 Å². The first-order valence-electron chi connectivity index (χ1n) is 6.29. The maximum Gasteiger partial charge on any atom is 0.157 e. The molecule has 0 heterocycles. The highest BCUT2D eigenvalue weighted by Crippen LogP contribution is 2.30. The largest absolute Gasteiger partial charge is 0.316 e. The van der Waals surface area contributed by atoms with Crippen LogP contribution >= 0.6 is 0 Å². The van der Waals surface area contributed by atoms with Crippen molar-refractivity contribution in [2.45, 2.75) is 63.0 Å². The topological polar surface area (TPSA) is 46.2 Å². The van der Waals surface area contributed by atoms with Crippen LogP contribution < -0.4 is 5.32 Å². The zero-order chi connectivity index (χ0) is 12.3. The van der Waals surface area contributed by atoms with E-state index in [9.17, 15) is 8.42 Å². The third-order valence-electron chi connectivity index (χ3n) is 4.03. The molecule has 0 aromatic carbocycles. The molecule has 16 heavy (non-hydrogen) atoms. The van der Waals surface area contributed by atoms with Crippen molar-refractivity contribution < 1.29 is 8.42 Å². The van der Waals surface area contributed by atoms with Crippen LogP contribution in [0.3, 0.4) is 0 Å². The Morgan fingerprint density at radius 2 is 1.88 bits per heavy atom. The molecule has 0 aromatic heterocycles. The molecule has 4 heteroatoms. The van der Waals surface area contributed by atoms with Crippen molar-refractivity contribution in [1.82, 2.24) is 5.32 Å². The van der Waals surface area contributed by atoms with Crippen LogP contribution in [-0.2, 0) is 9.84 Å². The minimum absolute atomic E-state index is 0.0298. The van der Waals surface area contributed by atoms with Crippen molar-refractivity contribution in [2.24, 2.45) is 5.92 Å². The number of sulfone groups is 1. The van der Waals surface area contributed by atoms with Crippen LogP contribution in [0.2, 0.25) is 0 Å². The number of nitrogens with one attached hydrogen (secondary N) is 1.